The van der Waals surface area contributed by atoms with Crippen molar-refractivity contribution in [3.63, 3.8) is 0 Å². The molecule has 0 fully saturated rings. The molecule has 0 aliphatic rings. The lowest BCUT2D eigenvalue weighted by Crippen LogP contribution is -2.37. The molecule has 3 N–H and O–H groups in total. The van der Waals surface area contributed by atoms with Gasteiger partial charge in [-0.3, -0.25) is 4.79 Å². The van der Waals surface area contributed by atoms with Crippen LogP contribution in [0.1, 0.15) is 44.7 Å². The summed E-state index contributed by atoms with van der Waals surface area (Å²) in [5.74, 6) is 0.375. The van der Waals surface area contributed by atoms with Crippen LogP contribution in [0.4, 0.5) is 5.69 Å². The molecular weight excluding hydrogens is 464 g/mol. The lowest BCUT2D eigenvalue weighted by molar-refractivity contribution is -0.124. The minimum atomic E-state index is -0.362. The van der Waals surface area contributed by atoms with Gasteiger partial charge in [-0.05, 0) is 78.7 Å². The Balaban J connectivity index is 1.85. The number of nitrogens with two attached hydrogens (primary N) is 1. The molecule has 188 valence electrons. The molecule has 36 heavy (non-hydrogen) atoms. The Morgan fingerprint density at radius 1 is 1.03 bits per heavy atom. The molecule has 4 aromatic rings. The van der Waals surface area contributed by atoms with Crippen molar-refractivity contribution in [2.75, 3.05) is 13.1 Å². The van der Waals surface area contributed by atoms with Gasteiger partial charge in [0.15, 0.2) is 4.80 Å². The van der Waals surface area contributed by atoms with Crippen LogP contribution in [0.2, 0.25) is 0 Å². The average molecular weight is 501 g/mol. The van der Waals surface area contributed by atoms with Gasteiger partial charge in [0, 0.05) is 11.9 Å². The fourth-order valence-corrected chi connectivity index (χ4v) is 5.41. The molecule has 1 heterocycles. The van der Waals surface area contributed by atoms with Crippen LogP contribution >= 0.6 is 11.3 Å². The number of carbonyl (C=O) groups is 1. The lowest BCUT2D eigenvalue weighted by Gasteiger charge is -2.23. The normalized spacial score (nSPS) is 12.9. The number of hydrogen-bond acceptors (Lipinski definition) is 4. The molecule has 6 heteroatoms. The monoisotopic (exact) mass is 500 g/mol. The number of amides is 1. The number of fused-ring (bicyclic) bond motifs is 1. The zero-order valence-electron chi connectivity index (χ0n) is 21.4. The van der Waals surface area contributed by atoms with Crippen LogP contribution in [0, 0.1) is 12.8 Å². The highest BCUT2D eigenvalue weighted by Gasteiger charge is 2.25. The van der Waals surface area contributed by atoms with Gasteiger partial charge >= 0.3 is 0 Å². The molecular formula is C30H36N4OS. The van der Waals surface area contributed by atoms with E-state index in [0.29, 0.717) is 19.0 Å². The number of aromatic nitrogens is 1. The van der Waals surface area contributed by atoms with E-state index in [1.54, 1.807) is 11.3 Å². The van der Waals surface area contributed by atoms with E-state index >= 15 is 0 Å². The molecule has 0 bridgehead atoms. The first-order valence-electron chi connectivity index (χ1n) is 12.7. The van der Waals surface area contributed by atoms with Crippen LogP contribution in [0.3, 0.4) is 0 Å². The molecule has 0 spiro atoms. The van der Waals surface area contributed by atoms with E-state index in [1.165, 1.54) is 10.8 Å². The van der Waals surface area contributed by atoms with Crippen molar-refractivity contribution in [3.8, 4) is 11.3 Å². The van der Waals surface area contributed by atoms with E-state index in [4.69, 9.17) is 10.7 Å². The van der Waals surface area contributed by atoms with Crippen molar-refractivity contribution in [2.24, 2.45) is 16.6 Å². The highest BCUT2D eigenvalue weighted by atomic mass is 32.1. The zero-order chi connectivity index (χ0) is 25.5. The number of hydrogen-bond donors (Lipinski definition) is 2. The fraction of sp³-hybridized carbons (Fsp3) is 0.333. The number of benzene rings is 3. The zero-order valence-corrected chi connectivity index (χ0v) is 22.2. The molecule has 1 atom stereocenters. The molecule has 5 nitrogen and oxygen atoms in total. The predicted octanol–water partition coefficient (Wildman–Crippen LogP) is 6.35. The third-order valence-electron chi connectivity index (χ3n) is 6.25. The van der Waals surface area contributed by atoms with Crippen LogP contribution < -0.4 is 15.9 Å². The van der Waals surface area contributed by atoms with Gasteiger partial charge in [0.1, 0.15) is 6.04 Å². The third-order valence-corrected chi connectivity index (χ3v) is 7.09. The van der Waals surface area contributed by atoms with Crippen molar-refractivity contribution >= 4 is 33.7 Å². The molecule has 0 unspecified atom stereocenters. The second-order valence-electron chi connectivity index (χ2n) is 9.72. The number of unbranched alkanes of at least 4 members (excludes halogenated alkanes) is 1. The lowest BCUT2D eigenvalue weighted by atomic mass is 10.0. The van der Waals surface area contributed by atoms with E-state index in [1.807, 2.05) is 12.1 Å². The number of nitrogens with one attached hydrogen (secondary N) is 1. The van der Waals surface area contributed by atoms with E-state index in [0.717, 1.165) is 46.6 Å². The summed E-state index contributed by atoms with van der Waals surface area (Å²) in [4.78, 5) is 19.4. The minimum Gasteiger partial charge on any atom is -0.354 e. The maximum Gasteiger partial charge on any atom is 0.243 e. The topological polar surface area (TPSA) is 72.4 Å². The summed E-state index contributed by atoms with van der Waals surface area (Å²) in [6.07, 6.45) is 2.50. The van der Waals surface area contributed by atoms with Gasteiger partial charge in [-0.2, -0.15) is 0 Å². The Morgan fingerprint density at radius 3 is 2.58 bits per heavy atom. The van der Waals surface area contributed by atoms with Gasteiger partial charge in [-0.25, -0.2) is 4.99 Å². The Kier molecular flexibility index (Phi) is 8.73. The van der Waals surface area contributed by atoms with Crippen LogP contribution in [0.15, 0.2) is 77.1 Å². The molecule has 0 saturated carbocycles. The van der Waals surface area contributed by atoms with Gasteiger partial charge in [0.05, 0.1) is 11.4 Å². The van der Waals surface area contributed by atoms with Crippen molar-refractivity contribution < 1.29 is 4.79 Å². The SMILES string of the molecule is Cc1cccc(N=c2scc(-c3ccc4ccccc4c3)n2[C@H](CC(C)C)C(=O)NCCCCN)c1. The summed E-state index contributed by atoms with van der Waals surface area (Å²) < 4.78 is 2.15. The quantitative estimate of drug-likeness (QED) is 0.249. The smallest absolute Gasteiger partial charge is 0.243 e. The number of nitrogens with zero attached hydrogens (tertiary/aromatic N) is 2. The van der Waals surface area contributed by atoms with Gasteiger partial charge in [-0.15, -0.1) is 11.3 Å². The second-order valence-corrected chi connectivity index (χ2v) is 10.6. The molecule has 0 radical (unpaired) electrons. The fourth-order valence-electron chi connectivity index (χ4n) is 4.45. The van der Waals surface area contributed by atoms with Gasteiger partial charge < -0.3 is 15.6 Å². The number of thiazole rings is 1. The minimum absolute atomic E-state index is 0.0341. The highest BCUT2D eigenvalue weighted by Crippen LogP contribution is 2.30. The summed E-state index contributed by atoms with van der Waals surface area (Å²) in [5.41, 5.74) is 9.79. The van der Waals surface area contributed by atoms with Gasteiger partial charge in [-0.1, -0.05) is 62.4 Å². The summed E-state index contributed by atoms with van der Waals surface area (Å²) in [5, 5.41) is 7.68. The second kappa shape index (κ2) is 12.2. The van der Waals surface area contributed by atoms with E-state index in [9.17, 15) is 4.79 Å². The average Bonchev–Trinajstić information content (AvgIpc) is 3.27. The number of rotatable bonds is 10. The molecule has 4 rings (SSSR count). The Morgan fingerprint density at radius 2 is 1.83 bits per heavy atom. The van der Waals surface area contributed by atoms with Crippen molar-refractivity contribution in [1.82, 2.24) is 9.88 Å². The third kappa shape index (κ3) is 6.31. The standard InChI is InChI=1S/C30H36N4OS/c1-21(2)17-27(29(35)32-16-7-6-15-31)34-28(25-14-13-23-10-4-5-11-24(23)19-25)20-36-30(34)33-26-12-8-9-22(3)18-26/h4-5,8-14,18-21,27H,6-7,15-17,31H2,1-3H3,(H,32,35)/t27-/m1/s1. The molecule has 1 amide bonds. The summed E-state index contributed by atoms with van der Waals surface area (Å²) in [7, 11) is 0. The molecule has 1 aromatic heterocycles. The molecule has 0 saturated heterocycles. The van der Waals surface area contributed by atoms with Crippen LogP contribution in [-0.4, -0.2) is 23.6 Å². The number of aryl methyl sites for hydroxylation is 1. The van der Waals surface area contributed by atoms with Crippen molar-refractivity contribution in [3.05, 3.63) is 82.5 Å². The first kappa shape index (κ1) is 25.9. The summed E-state index contributed by atoms with van der Waals surface area (Å²) in [6, 6.07) is 22.7. The van der Waals surface area contributed by atoms with Crippen LogP contribution in [0.5, 0.6) is 0 Å². The largest absolute Gasteiger partial charge is 0.354 e. The predicted molar refractivity (Wildman–Crippen MR) is 151 cm³/mol. The van der Waals surface area contributed by atoms with Crippen LogP contribution in [0.25, 0.3) is 22.0 Å². The Hall–Kier alpha value is -3.22. The maximum absolute atomic E-state index is 13.6. The van der Waals surface area contributed by atoms with E-state index in [2.05, 4.69) is 90.6 Å². The van der Waals surface area contributed by atoms with Crippen molar-refractivity contribution in [2.45, 2.75) is 46.1 Å². The highest BCUT2D eigenvalue weighted by molar-refractivity contribution is 7.07. The summed E-state index contributed by atoms with van der Waals surface area (Å²) >= 11 is 1.58. The van der Waals surface area contributed by atoms with Crippen LogP contribution in [-0.2, 0) is 4.79 Å². The first-order valence-corrected chi connectivity index (χ1v) is 13.6. The molecule has 3 aromatic carbocycles. The molecule has 0 aliphatic carbocycles. The Labute approximate surface area is 217 Å². The molecule has 0 aliphatic heterocycles. The van der Waals surface area contributed by atoms with E-state index in [-0.39, 0.29) is 11.9 Å². The van der Waals surface area contributed by atoms with Crippen molar-refractivity contribution in [1.29, 1.82) is 0 Å². The van der Waals surface area contributed by atoms with Gasteiger partial charge in [0.25, 0.3) is 0 Å². The first-order chi connectivity index (χ1) is 17.5. The number of carbonyl (C=O) groups excluding carboxylic acids is 1. The van der Waals surface area contributed by atoms with Gasteiger partial charge in [0.2, 0.25) is 5.91 Å². The van der Waals surface area contributed by atoms with E-state index < -0.39 is 0 Å². The maximum atomic E-state index is 13.6. The Bertz CT molecular complexity index is 1380. The summed E-state index contributed by atoms with van der Waals surface area (Å²) in [6.45, 7) is 7.66.